The Balaban J connectivity index is 4.53. The third kappa shape index (κ3) is 32.2. The van der Waals surface area contributed by atoms with Gasteiger partial charge in [-0.05, 0) is 51.4 Å². The summed E-state index contributed by atoms with van der Waals surface area (Å²) in [7, 11) is 5.47. The van der Waals surface area contributed by atoms with Gasteiger partial charge in [-0.25, -0.2) is 4.79 Å². The van der Waals surface area contributed by atoms with Crippen molar-refractivity contribution in [3.63, 3.8) is 0 Å². The van der Waals surface area contributed by atoms with Crippen molar-refractivity contribution in [3.8, 4) is 0 Å². The molecule has 0 aromatic heterocycles. The van der Waals surface area contributed by atoms with Gasteiger partial charge in [-0.2, -0.15) is 0 Å². The molecule has 1 N–H and O–H groups in total. The van der Waals surface area contributed by atoms with Crippen molar-refractivity contribution < 1.29 is 38.2 Å². The van der Waals surface area contributed by atoms with Crippen LogP contribution < -0.4 is 0 Å². The van der Waals surface area contributed by atoms with E-state index in [0.29, 0.717) is 25.7 Å². The van der Waals surface area contributed by atoms with E-state index in [1.165, 1.54) is 25.7 Å². The summed E-state index contributed by atoms with van der Waals surface area (Å²) in [6.45, 7) is 4.43. The highest BCUT2D eigenvalue weighted by Crippen LogP contribution is 2.11. The fraction of sp³-hybridized carbons (Fsp3) is 0.568. The summed E-state index contributed by atoms with van der Waals surface area (Å²) in [5.74, 6) is -1.59. The number of aliphatic carboxylic acids is 1. The first kappa shape index (κ1) is 48.2. The van der Waals surface area contributed by atoms with Gasteiger partial charge < -0.3 is 23.8 Å². The maximum atomic E-state index is 12.6. The Kier molecular flexibility index (Phi) is 31.9. The van der Waals surface area contributed by atoms with E-state index in [1.807, 2.05) is 94.1 Å². The van der Waals surface area contributed by atoms with Gasteiger partial charge in [-0.1, -0.05) is 137 Å². The van der Waals surface area contributed by atoms with Crippen LogP contribution >= 0.6 is 0 Å². The van der Waals surface area contributed by atoms with Gasteiger partial charge in [-0.3, -0.25) is 9.59 Å². The van der Waals surface area contributed by atoms with E-state index in [9.17, 15) is 19.5 Å². The molecule has 0 aromatic rings. The molecular weight excluding hydrogens is 654 g/mol. The number of rotatable bonds is 32. The van der Waals surface area contributed by atoms with Gasteiger partial charge in [0.05, 0.1) is 34.4 Å². The van der Waals surface area contributed by atoms with Crippen LogP contribution in [0.2, 0.25) is 0 Å². The van der Waals surface area contributed by atoms with Crippen molar-refractivity contribution in [2.45, 2.75) is 122 Å². The average Bonchev–Trinajstić information content (AvgIpc) is 3.09. The number of nitrogens with zero attached hydrogens (tertiary/aromatic N) is 1. The standard InChI is InChI=1S/C44H69NO7/c1-6-8-10-12-14-16-17-18-19-20-21-22-23-24-25-27-28-30-32-34-42(46)51-39-40(38-50-37-36-41(44(48)49)45(3,4)5)52-43(47)35-33-31-29-26-15-13-11-9-7-2/h8,10,12,14,16-26,29,40-41H,6-7,9,11,13,15,27-28,30-39H2,1-5H3/p+1/b10-8+,14-12+,17-16+,19-18+,21-20+,23-22+,25-24+,29-26+. The monoisotopic (exact) mass is 725 g/mol. The maximum absolute atomic E-state index is 12.6. The largest absolute Gasteiger partial charge is 0.477 e. The first-order valence-corrected chi connectivity index (χ1v) is 19.4. The molecule has 0 aliphatic heterocycles. The molecule has 0 saturated heterocycles. The maximum Gasteiger partial charge on any atom is 0.362 e. The van der Waals surface area contributed by atoms with E-state index in [0.717, 1.165) is 38.5 Å². The molecule has 0 aliphatic carbocycles. The molecule has 0 spiro atoms. The molecule has 292 valence electrons. The Morgan fingerprint density at radius 3 is 1.67 bits per heavy atom. The normalized spacial score (nSPS) is 14.1. The minimum absolute atomic E-state index is 0.0278. The number of carbonyl (C=O) groups excluding carboxylic acids is 2. The number of ether oxygens (including phenoxy) is 3. The molecule has 52 heavy (non-hydrogen) atoms. The average molecular weight is 725 g/mol. The second-order valence-electron chi connectivity index (χ2n) is 13.6. The summed E-state index contributed by atoms with van der Waals surface area (Å²) in [4.78, 5) is 36.7. The molecule has 2 atom stereocenters. The van der Waals surface area contributed by atoms with Gasteiger partial charge in [0.25, 0.3) is 0 Å². The van der Waals surface area contributed by atoms with Crippen LogP contribution in [0, 0.1) is 0 Å². The fourth-order valence-electron chi connectivity index (χ4n) is 4.90. The first-order chi connectivity index (χ1) is 25.1. The van der Waals surface area contributed by atoms with E-state index in [-0.39, 0.29) is 42.7 Å². The van der Waals surface area contributed by atoms with Crippen molar-refractivity contribution in [3.05, 3.63) is 97.2 Å². The summed E-state index contributed by atoms with van der Waals surface area (Å²) < 4.78 is 17.1. The van der Waals surface area contributed by atoms with Crippen LogP contribution in [0.1, 0.15) is 110 Å². The Hall–Kier alpha value is -3.75. The van der Waals surface area contributed by atoms with Crippen molar-refractivity contribution in [1.82, 2.24) is 0 Å². The zero-order valence-electron chi connectivity index (χ0n) is 33.0. The lowest BCUT2D eigenvalue weighted by Gasteiger charge is -2.31. The van der Waals surface area contributed by atoms with Crippen LogP contribution in [0.5, 0.6) is 0 Å². The van der Waals surface area contributed by atoms with E-state index < -0.39 is 18.1 Å². The quantitative estimate of drug-likeness (QED) is 0.0242. The lowest BCUT2D eigenvalue weighted by atomic mass is 10.1. The van der Waals surface area contributed by atoms with Crippen molar-refractivity contribution >= 4 is 17.9 Å². The molecule has 0 aliphatic rings. The van der Waals surface area contributed by atoms with Crippen LogP contribution in [0.25, 0.3) is 0 Å². The summed E-state index contributed by atoms with van der Waals surface area (Å²) in [6.07, 6.45) is 44.6. The molecule has 0 amide bonds. The van der Waals surface area contributed by atoms with Crippen molar-refractivity contribution in [2.75, 3.05) is 41.0 Å². The third-order valence-corrected chi connectivity index (χ3v) is 7.91. The number of allylic oxidation sites excluding steroid dienone is 16. The molecule has 0 radical (unpaired) electrons. The molecule has 8 nitrogen and oxygen atoms in total. The fourth-order valence-corrected chi connectivity index (χ4v) is 4.90. The topological polar surface area (TPSA) is 99.1 Å². The number of carboxylic acid groups (broad SMARTS) is 1. The summed E-state index contributed by atoms with van der Waals surface area (Å²) in [5.41, 5.74) is 0. The summed E-state index contributed by atoms with van der Waals surface area (Å²) in [6, 6.07) is -0.630. The van der Waals surface area contributed by atoms with Crippen LogP contribution in [-0.2, 0) is 28.6 Å². The summed E-state index contributed by atoms with van der Waals surface area (Å²) >= 11 is 0. The SMILES string of the molecule is CC/C=C/C=C/C=C/C=C/C=C/C=C/C=C/CCCCCC(=O)OCC(COCCC(C(=O)O)[N+](C)(C)C)OC(=O)CCC/C=C/CCCCCC. The Morgan fingerprint density at radius 2 is 1.12 bits per heavy atom. The minimum atomic E-state index is -0.892. The van der Waals surface area contributed by atoms with Crippen LogP contribution in [0.4, 0.5) is 0 Å². The third-order valence-electron chi connectivity index (χ3n) is 7.91. The van der Waals surface area contributed by atoms with Gasteiger partial charge in [0.15, 0.2) is 12.1 Å². The molecule has 0 heterocycles. The van der Waals surface area contributed by atoms with Gasteiger partial charge >= 0.3 is 17.9 Å². The van der Waals surface area contributed by atoms with Crippen LogP contribution in [0.3, 0.4) is 0 Å². The Morgan fingerprint density at radius 1 is 0.596 bits per heavy atom. The molecule has 0 fully saturated rings. The smallest absolute Gasteiger partial charge is 0.362 e. The minimum Gasteiger partial charge on any atom is -0.477 e. The van der Waals surface area contributed by atoms with Gasteiger partial charge in [-0.15, -0.1) is 0 Å². The highest BCUT2D eigenvalue weighted by molar-refractivity contribution is 5.72. The van der Waals surface area contributed by atoms with Gasteiger partial charge in [0, 0.05) is 19.3 Å². The number of unbranched alkanes of at least 4 members (excludes halogenated alkanes) is 8. The molecular formula is C44H70NO7+. The highest BCUT2D eigenvalue weighted by Gasteiger charge is 2.31. The molecule has 0 rings (SSSR count). The van der Waals surface area contributed by atoms with Crippen LogP contribution in [-0.4, -0.2) is 80.6 Å². The predicted octanol–water partition coefficient (Wildman–Crippen LogP) is 9.96. The number of carbonyl (C=O) groups is 3. The van der Waals surface area contributed by atoms with E-state index in [4.69, 9.17) is 14.2 Å². The number of esters is 2. The second-order valence-corrected chi connectivity index (χ2v) is 13.6. The van der Waals surface area contributed by atoms with Crippen molar-refractivity contribution in [1.29, 1.82) is 0 Å². The Labute approximate surface area is 316 Å². The predicted molar refractivity (Wildman–Crippen MR) is 215 cm³/mol. The molecule has 0 saturated carbocycles. The molecule has 0 bridgehead atoms. The number of hydrogen-bond donors (Lipinski definition) is 1. The molecule has 0 aromatic carbocycles. The Bertz CT molecular complexity index is 1170. The second kappa shape index (κ2) is 34.3. The van der Waals surface area contributed by atoms with E-state index in [2.05, 4.69) is 38.2 Å². The first-order valence-electron chi connectivity index (χ1n) is 19.4. The van der Waals surface area contributed by atoms with Gasteiger partial charge in [0.1, 0.15) is 6.61 Å². The molecule has 2 unspecified atom stereocenters. The van der Waals surface area contributed by atoms with Crippen molar-refractivity contribution in [2.24, 2.45) is 0 Å². The zero-order valence-corrected chi connectivity index (χ0v) is 33.0. The van der Waals surface area contributed by atoms with E-state index in [1.54, 1.807) is 0 Å². The highest BCUT2D eigenvalue weighted by atomic mass is 16.6. The number of likely N-dealkylation sites (N-methyl/N-ethyl adjacent to an activating group) is 1. The van der Waals surface area contributed by atoms with E-state index >= 15 is 0 Å². The number of carboxylic acids is 1. The van der Waals surface area contributed by atoms with Crippen LogP contribution in [0.15, 0.2) is 97.2 Å². The number of hydrogen-bond acceptors (Lipinski definition) is 6. The summed E-state index contributed by atoms with van der Waals surface area (Å²) in [5, 5.41) is 9.57. The number of quaternary nitrogens is 1. The molecule has 8 heteroatoms. The lowest BCUT2D eigenvalue weighted by molar-refractivity contribution is -0.887. The zero-order chi connectivity index (χ0) is 38.5. The van der Waals surface area contributed by atoms with Gasteiger partial charge in [0.2, 0.25) is 0 Å². The lowest BCUT2D eigenvalue weighted by Crippen LogP contribution is -2.50.